The Labute approximate surface area is 116 Å². The summed E-state index contributed by atoms with van der Waals surface area (Å²) in [4.78, 5) is 0. The molecule has 0 heterocycles. The van der Waals surface area contributed by atoms with Crippen molar-refractivity contribution in [2.45, 2.75) is 52.4 Å². The maximum absolute atomic E-state index is 9.92. The predicted molar refractivity (Wildman–Crippen MR) is 79.0 cm³/mol. The zero-order valence-corrected chi connectivity index (χ0v) is 12.0. The average molecular weight is 263 g/mol. The molecule has 3 nitrogen and oxygen atoms in total. The van der Waals surface area contributed by atoms with Crippen LogP contribution in [-0.4, -0.2) is 16.0 Å². The number of benzene rings is 1. The van der Waals surface area contributed by atoms with Gasteiger partial charge < -0.3 is 10.3 Å². The van der Waals surface area contributed by atoms with Crippen LogP contribution in [0, 0.1) is 5.92 Å². The number of phenolic OH excluding ortho intramolecular Hbond substituents is 1. The Morgan fingerprint density at radius 2 is 1.68 bits per heavy atom. The van der Waals surface area contributed by atoms with Gasteiger partial charge in [0, 0.05) is 11.5 Å². The highest BCUT2D eigenvalue weighted by molar-refractivity contribution is 6.03. The third-order valence-corrected chi connectivity index (χ3v) is 3.49. The zero-order valence-electron chi connectivity index (χ0n) is 12.0. The van der Waals surface area contributed by atoms with Crippen molar-refractivity contribution in [2.24, 2.45) is 11.1 Å². The van der Waals surface area contributed by atoms with Gasteiger partial charge in [0.25, 0.3) is 0 Å². The van der Waals surface area contributed by atoms with E-state index in [0.717, 1.165) is 38.5 Å². The minimum Gasteiger partial charge on any atom is -0.507 e. The first kappa shape index (κ1) is 15.5. The van der Waals surface area contributed by atoms with Crippen molar-refractivity contribution in [3.63, 3.8) is 0 Å². The Morgan fingerprint density at radius 3 is 2.16 bits per heavy atom. The standard InChI is InChI=1S/C16H25NO2/c1-3-5-9-13(10-6-4-2)16(17-19)14-11-7-8-12-15(14)18/h7-8,11-13,18-19H,3-6,9-10H2,1-2H3. The largest absolute Gasteiger partial charge is 0.507 e. The average Bonchev–Trinajstić information content (AvgIpc) is 2.43. The van der Waals surface area contributed by atoms with Crippen molar-refractivity contribution in [3.05, 3.63) is 29.8 Å². The molecule has 2 N–H and O–H groups in total. The van der Waals surface area contributed by atoms with Crippen LogP contribution in [0.1, 0.15) is 57.9 Å². The van der Waals surface area contributed by atoms with E-state index >= 15 is 0 Å². The molecular weight excluding hydrogens is 238 g/mol. The molecule has 3 heteroatoms. The van der Waals surface area contributed by atoms with Crippen molar-refractivity contribution in [1.82, 2.24) is 0 Å². The predicted octanol–water partition coefficient (Wildman–Crippen LogP) is 4.57. The quantitative estimate of drug-likeness (QED) is 0.410. The second-order valence-corrected chi connectivity index (χ2v) is 4.98. The molecule has 0 unspecified atom stereocenters. The third-order valence-electron chi connectivity index (χ3n) is 3.49. The Bertz CT molecular complexity index is 393. The lowest BCUT2D eigenvalue weighted by Gasteiger charge is -2.18. The van der Waals surface area contributed by atoms with Gasteiger partial charge in [0.05, 0.1) is 5.71 Å². The maximum Gasteiger partial charge on any atom is 0.124 e. The van der Waals surface area contributed by atoms with Crippen LogP contribution < -0.4 is 0 Å². The molecule has 0 spiro atoms. The van der Waals surface area contributed by atoms with Gasteiger partial charge in [0.1, 0.15) is 5.75 Å². The number of oxime groups is 1. The van der Waals surface area contributed by atoms with E-state index in [0.29, 0.717) is 11.3 Å². The smallest absolute Gasteiger partial charge is 0.124 e. The van der Waals surface area contributed by atoms with E-state index in [1.807, 2.05) is 12.1 Å². The Balaban J connectivity index is 2.92. The van der Waals surface area contributed by atoms with Crippen molar-refractivity contribution < 1.29 is 10.3 Å². The molecule has 0 saturated carbocycles. The second-order valence-electron chi connectivity index (χ2n) is 4.98. The molecule has 1 aromatic rings. The summed E-state index contributed by atoms with van der Waals surface area (Å²) in [5.41, 5.74) is 1.28. The van der Waals surface area contributed by atoms with Gasteiger partial charge in [-0.2, -0.15) is 0 Å². The Hall–Kier alpha value is -1.51. The summed E-state index contributed by atoms with van der Waals surface area (Å²) in [7, 11) is 0. The normalized spacial score (nSPS) is 12.1. The molecule has 0 aliphatic heterocycles. The third kappa shape index (κ3) is 4.58. The fraction of sp³-hybridized carbons (Fsp3) is 0.562. The van der Waals surface area contributed by atoms with Gasteiger partial charge in [0.15, 0.2) is 0 Å². The maximum atomic E-state index is 9.92. The van der Waals surface area contributed by atoms with E-state index in [1.54, 1.807) is 12.1 Å². The molecule has 0 radical (unpaired) electrons. The van der Waals surface area contributed by atoms with Gasteiger partial charge in [-0.25, -0.2) is 0 Å². The lowest BCUT2D eigenvalue weighted by Crippen LogP contribution is -2.16. The molecule has 0 amide bonds. The van der Waals surface area contributed by atoms with Crippen molar-refractivity contribution >= 4 is 5.71 Å². The van der Waals surface area contributed by atoms with Crippen LogP contribution in [0.4, 0.5) is 0 Å². The number of para-hydroxylation sites is 1. The molecule has 1 aromatic carbocycles. The van der Waals surface area contributed by atoms with Crippen LogP contribution in [-0.2, 0) is 0 Å². The van der Waals surface area contributed by atoms with Crippen molar-refractivity contribution in [1.29, 1.82) is 0 Å². The molecule has 106 valence electrons. The van der Waals surface area contributed by atoms with E-state index in [9.17, 15) is 10.3 Å². The minimum absolute atomic E-state index is 0.188. The molecule has 1 rings (SSSR count). The van der Waals surface area contributed by atoms with Gasteiger partial charge in [-0.15, -0.1) is 0 Å². The van der Waals surface area contributed by atoms with Crippen LogP contribution in [0.3, 0.4) is 0 Å². The summed E-state index contributed by atoms with van der Waals surface area (Å²) in [6, 6.07) is 7.09. The number of hydrogen-bond acceptors (Lipinski definition) is 3. The van der Waals surface area contributed by atoms with E-state index in [2.05, 4.69) is 19.0 Å². The van der Waals surface area contributed by atoms with E-state index in [-0.39, 0.29) is 11.7 Å². The van der Waals surface area contributed by atoms with Gasteiger partial charge in [0.2, 0.25) is 0 Å². The van der Waals surface area contributed by atoms with Gasteiger partial charge in [-0.3, -0.25) is 0 Å². The highest BCUT2D eigenvalue weighted by Gasteiger charge is 2.20. The first-order valence-electron chi connectivity index (χ1n) is 7.24. The van der Waals surface area contributed by atoms with Gasteiger partial charge in [-0.1, -0.05) is 56.8 Å². The highest BCUT2D eigenvalue weighted by atomic mass is 16.4. The summed E-state index contributed by atoms with van der Waals surface area (Å²) in [5, 5.41) is 22.8. The first-order valence-corrected chi connectivity index (χ1v) is 7.24. The molecule has 0 bridgehead atoms. The van der Waals surface area contributed by atoms with Crippen LogP contribution in [0.25, 0.3) is 0 Å². The number of aromatic hydroxyl groups is 1. The van der Waals surface area contributed by atoms with Gasteiger partial charge in [-0.05, 0) is 25.0 Å². The van der Waals surface area contributed by atoms with Crippen LogP contribution in [0.15, 0.2) is 29.4 Å². The van der Waals surface area contributed by atoms with Crippen LogP contribution in [0.2, 0.25) is 0 Å². The molecule has 0 aliphatic carbocycles. The minimum atomic E-state index is 0.188. The zero-order chi connectivity index (χ0) is 14.1. The first-order chi connectivity index (χ1) is 9.24. The molecule has 0 saturated heterocycles. The Kier molecular flexibility index (Phi) is 7.01. The summed E-state index contributed by atoms with van der Waals surface area (Å²) in [5.74, 6) is 0.409. The number of hydrogen-bond donors (Lipinski definition) is 2. The van der Waals surface area contributed by atoms with E-state index in [4.69, 9.17) is 0 Å². The van der Waals surface area contributed by atoms with Crippen molar-refractivity contribution in [3.8, 4) is 5.75 Å². The molecule has 19 heavy (non-hydrogen) atoms. The summed E-state index contributed by atoms with van der Waals surface area (Å²) in [6.07, 6.45) is 6.49. The summed E-state index contributed by atoms with van der Waals surface area (Å²) in [6.45, 7) is 4.32. The fourth-order valence-corrected chi connectivity index (χ4v) is 2.36. The monoisotopic (exact) mass is 263 g/mol. The number of unbranched alkanes of at least 4 members (excludes halogenated alkanes) is 2. The topological polar surface area (TPSA) is 52.8 Å². The lowest BCUT2D eigenvalue weighted by molar-refractivity contribution is 0.312. The lowest BCUT2D eigenvalue weighted by atomic mass is 9.87. The molecule has 0 atom stereocenters. The fourth-order valence-electron chi connectivity index (χ4n) is 2.36. The molecular formula is C16H25NO2. The van der Waals surface area contributed by atoms with Crippen LogP contribution in [0.5, 0.6) is 5.75 Å². The SMILES string of the molecule is CCCCC(CCCC)C(=NO)c1ccccc1O. The molecule has 0 fully saturated rings. The summed E-state index contributed by atoms with van der Waals surface area (Å²) >= 11 is 0. The highest BCUT2D eigenvalue weighted by Crippen LogP contribution is 2.26. The van der Waals surface area contributed by atoms with E-state index < -0.39 is 0 Å². The number of rotatable bonds is 8. The molecule has 0 aromatic heterocycles. The number of nitrogens with zero attached hydrogens (tertiary/aromatic N) is 1. The molecule has 0 aliphatic rings. The van der Waals surface area contributed by atoms with Gasteiger partial charge >= 0.3 is 0 Å². The summed E-state index contributed by atoms with van der Waals surface area (Å²) < 4.78 is 0. The Morgan fingerprint density at radius 1 is 1.11 bits per heavy atom. The van der Waals surface area contributed by atoms with E-state index in [1.165, 1.54) is 0 Å². The number of phenols is 1. The van der Waals surface area contributed by atoms with Crippen molar-refractivity contribution in [2.75, 3.05) is 0 Å². The second kappa shape index (κ2) is 8.57. The van der Waals surface area contributed by atoms with Crippen LogP contribution >= 0.6 is 0 Å².